The number of aromatic nitrogens is 1. The first kappa shape index (κ1) is 11.3. The van der Waals surface area contributed by atoms with Crippen molar-refractivity contribution in [2.45, 2.75) is 19.1 Å². The second-order valence-corrected chi connectivity index (χ2v) is 4.63. The molecule has 84 valence electrons. The summed E-state index contributed by atoms with van der Waals surface area (Å²) in [7, 11) is 0. The van der Waals surface area contributed by atoms with Crippen LogP contribution >= 0.6 is 11.3 Å². The minimum absolute atomic E-state index is 0.154. The molecule has 2 aromatic rings. The fourth-order valence-electron chi connectivity index (χ4n) is 1.49. The van der Waals surface area contributed by atoms with Crippen LogP contribution in [0.2, 0.25) is 0 Å². The highest BCUT2D eigenvalue weighted by Crippen LogP contribution is 2.25. The number of aliphatic hydroxyl groups is 2. The third-order valence-electron chi connectivity index (χ3n) is 2.25. The van der Waals surface area contributed by atoms with E-state index in [0.29, 0.717) is 5.01 Å². The van der Waals surface area contributed by atoms with Crippen LogP contribution in [0.25, 0.3) is 0 Å². The summed E-state index contributed by atoms with van der Waals surface area (Å²) in [6.07, 6.45) is 0.154. The van der Waals surface area contributed by atoms with Gasteiger partial charge in [-0.1, -0.05) is 30.3 Å². The molecule has 0 aliphatic carbocycles. The summed E-state index contributed by atoms with van der Waals surface area (Å²) in [5, 5.41) is 22.1. The highest BCUT2D eigenvalue weighted by atomic mass is 32.1. The number of thiazole rings is 1. The molecule has 0 bridgehead atoms. The molecule has 0 spiro atoms. The summed E-state index contributed by atoms with van der Waals surface area (Å²) >= 11 is 1.26. The van der Waals surface area contributed by atoms with Gasteiger partial charge in [-0.05, 0) is 12.5 Å². The van der Waals surface area contributed by atoms with E-state index in [1.165, 1.54) is 11.3 Å². The molecule has 4 heteroatoms. The number of hydrogen-bond acceptors (Lipinski definition) is 4. The molecule has 0 aliphatic heterocycles. The molecular formula is C12H13NO2S. The maximum atomic E-state index is 9.96. The van der Waals surface area contributed by atoms with Crippen molar-refractivity contribution in [3.63, 3.8) is 0 Å². The van der Waals surface area contributed by atoms with Gasteiger partial charge in [-0.2, -0.15) is 0 Å². The fraction of sp³-hybridized carbons (Fsp3) is 0.250. The zero-order valence-corrected chi connectivity index (χ0v) is 9.74. The predicted molar refractivity (Wildman–Crippen MR) is 63.1 cm³/mol. The largest absolute Gasteiger partial charge is 0.360 e. The van der Waals surface area contributed by atoms with Gasteiger partial charge in [0.2, 0.25) is 5.79 Å². The van der Waals surface area contributed by atoms with E-state index in [9.17, 15) is 10.2 Å². The Morgan fingerprint density at radius 2 is 1.94 bits per heavy atom. The molecule has 0 saturated carbocycles. The van der Waals surface area contributed by atoms with Gasteiger partial charge in [0, 0.05) is 17.5 Å². The number of benzene rings is 1. The van der Waals surface area contributed by atoms with Crippen molar-refractivity contribution in [1.29, 1.82) is 0 Å². The molecule has 0 radical (unpaired) electrons. The second kappa shape index (κ2) is 4.33. The van der Waals surface area contributed by atoms with Crippen molar-refractivity contribution in [3.8, 4) is 0 Å². The molecule has 0 amide bonds. The smallest absolute Gasteiger partial charge is 0.221 e. The Kier molecular flexibility index (Phi) is 3.05. The van der Waals surface area contributed by atoms with Crippen molar-refractivity contribution >= 4 is 11.3 Å². The van der Waals surface area contributed by atoms with Gasteiger partial charge in [0.25, 0.3) is 0 Å². The number of hydrogen-bond donors (Lipinski definition) is 2. The fourth-order valence-corrected chi connectivity index (χ4v) is 2.29. The molecule has 0 unspecified atom stereocenters. The number of aryl methyl sites for hydroxylation is 1. The second-order valence-electron chi connectivity index (χ2n) is 3.77. The number of rotatable bonds is 3. The van der Waals surface area contributed by atoms with Crippen molar-refractivity contribution < 1.29 is 10.2 Å². The van der Waals surface area contributed by atoms with Crippen LogP contribution in [0.4, 0.5) is 0 Å². The topological polar surface area (TPSA) is 53.4 Å². The van der Waals surface area contributed by atoms with E-state index < -0.39 is 5.79 Å². The Balaban J connectivity index is 2.20. The third kappa shape index (κ3) is 2.47. The summed E-state index contributed by atoms with van der Waals surface area (Å²) in [5.41, 5.74) is 1.68. The van der Waals surface area contributed by atoms with Gasteiger partial charge >= 0.3 is 0 Å². The monoisotopic (exact) mass is 235 g/mol. The lowest BCUT2D eigenvalue weighted by Gasteiger charge is -2.18. The van der Waals surface area contributed by atoms with Gasteiger partial charge in [0.05, 0.1) is 0 Å². The van der Waals surface area contributed by atoms with E-state index in [1.807, 2.05) is 42.6 Å². The highest BCUT2D eigenvalue weighted by Gasteiger charge is 2.29. The van der Waals surface area contributed by atoms with Crippen molar-refractivity contribution in [2.24, 2.45) is 0 Å². The average Bonchev–Trinajstić information content (AvgIpc) is 2.66. The van der Waals surface area contributed by atoms with Gasteiger partial charge in [-0.25, -0.2) is 4.98 Å². The lowest BCUT2D eigenvalue weighted by molar-refractivity contribution is -0.168. The van der Waals surface area contributed by atoms with E-state index >= 15 is 0 Å². The molecule has 1 aromatic carbocycles. The molecule has 0 atom stereocenters. The minimum atomic E-state index is -1.87. The Bertz CT molecular complexity index is 465. The zero-order valence-electron chi connectivity index (χ0n) is 8.92. The maximum absolute atomic E-state index is 9.96. The predicted octanol–water partition coefficient (Wildman–Crippen LogP) is 1.83. The van der Waals surface area contributed by atoms with Crippen LogP contribution in [0, 0.1) is 6.92 Å². The normalized spacial score (nSPS) is 11.7. The van der Waals surface area contributed by atoms with Crippen LogP contribution in [-0.4, -0.2) is 15.2 Å². The number of nitrogens with zero attached hydrogens (tertiary/aromatic N) is 1. The summed E-state index contributed by atoms with van der Waals surface area (Å²) in [5.74, 6) is -1.87. The molecule has 2 rings (SSSR count). The summed E-state index contributed by atoms with van der Waals surface area (Å²) in [4.78, 5) is 4.10. The van der Waals surface area contributed by atoms with Crippen molar-refractivity contribution in [2.75, 3.05) is 0 Å². The molecule has 0 aliphatic rings. The van der Waals surface area contributed by atoms with Gasteiger partial charge in [-0.15, -0.1) is 11.3 Å². The molecule has 3 nitrogen and oxygen atoms in total. The quantitative estimate of drug-likeness (QED) is 0.798. The van der Waals surface area contributed by atoms with E-state index in [0.717, 1.165) is 11.3 Å². The van der Waals surface area contributed by atoms with Crippen LogP contribution in [0.5, 0.6) is 0 Å². The van der Waals surface area contributed by atoms with Crippen molar-refractivity contribution in [1.82, 2.24) is 4.98 Å². The standard InChI is InChI=1S/C12H13NO2S/c1-9-8-16-11(13-9)12(14,15)7-10-5-3-2-4-6-10/h2-6,8,14-15H,7H2,1H3. The first-order valence-corrected chi connectivity index (χ1v) is 5.87. The first-order chi connectivity index (χ1) is 7.58. The van der Waals surface area contributed by atoms with Gasteiger partial charge in [0.1, 0.15) is 0 Å². The molecule has 2 N–H and O–H groups in total. The van der Waals surface area contributed by atoms with Crippen LogP contribution in [0.3, 0.4) is 0 Å². The highest BCUT2D eigenvalue weighted by molar-refractivity contribution is 7.09. The van der Waals surface area contributed by atoms with Gasteiger partial charge < -0.3 is 10.2 Å². The summed E-state index contributed by atoms with van der Waals surface area (Å²) in [6.45, 7) is 1.83. The average molecular weight is 235 g/mol. The minimum Gasteiger partial charge on any atom is -0.360 e. The first-order valence-electron chi connectivity index (χ1n) is 4.99. The molecule has 0 fully saturated rings. The summed E-state index contributed by atoms with van der Waals surface area (Å²) < 4.78 is 0. The molecule has 0 saturated heterocycles. The van der Waals surface area contributed by atoms with Crippen LogP contribution in [0.1, 0.15) is 16.3 Å². The maximum Gasteiger partial charge on any atom is 0.221 e. The summed E-state index contributed by atoms with van der Waals surface area (Å²) in [6, 6.07) is 9.37. The van der Waals surface area contributed by atoms with E-state index in [2.05, 4.69) is 4.98 Å². The Morgan fingerprint density at radius 3 is 2.50 bits per heavy atom. The van der Waals surface area contributed by atoms with E-state index in [1.54, 1.807) is 0 Å². The van der Waals surface area contributed by atoms with Crippen LogP contribution < -0.4 is 0 Å². The molecular weight excluding hydrogens is 222 g/mol. The van der Waals surface area contributed by atoms with Crippen LogP contribution in [0.15, 0.2) is 35.7 Å². The SMILES string of the molecule is Cc1csc(C(O)(O)Cc2ccccc2)n1. The molecule has 16 heavy (non-hydrogen) atoms. The van der Waals surface area contributed by atoms with Crippen molar-refractivity contribution in [3.05, 3.63) is 52.0 Å². The molecule has 1 heterocycles. The van der Waals surface area contributed by atoms with E-state index in [-0.39, 0.29) is 6.42 Å². The van der Waals surface area contributed by atoms with Gasteiger partial charge in [-0.3, -0.25) is 0 Å². The Labute approximate surface area is 98.0 Å². The Hall–Kier alpha value is -1.23. The van der Waals surface area contributed by atoms with Crippen LogP contribution in [-0.2, 0) is 12.2 Å². The zero-order chi connectivity index (χ0) is 11.6. The van der Waals surface area contributed by atoms with Gasteiger partial charge in [0.15, 0.2) is 5.01 Å². The third-order valence-corrected chi connectivity index (χ3v) is 3.36. The van der Waals surface area contributed by atoms with E-state index in [4.69, 9.17) is 0 Å². The Morgan fingerprint density at radius 1 is 1.25 bits per heavy atom. The lowest BCUT2D eigenvalue weighted by Crippen LogP contribution is -2.27. The lowest BCUT2D eigenvalue weighted by atomic mass is 10.1. The molecule has 1 aromatic heterocycles.